The fourth-order valence-electron chi connectivity index (χ4n) is 3.37. The van der Waals surface area contributed by atoms with Crippen LogP contribution in [0.15, 0.2) is 52.0 Å². The number of hydrogen-bond donors (Lipinski definition) is 3. The molecule has 0 unspecified atom stereocenters. The van der Waals surface area contributed by atoms with E-state index in [9.17, 15) is 23.1 Å². The van der Waals surface area contributed by atoms with E-state index < -0.39 is 27.9 Å². The fraction of sp³-hybridized carbons (Fsp3) is 0.400. The molecule has 3 rings (SSSR count). The van der Waals surface area contributed by atoms with Crippen molar-refractivity contribution >= 4 is 27.6 Å². The number of furan rings is 1. The highest BCUT2D eigenvalue weighted by molar-refractivity contribution is 7.89. The van der Waals surface area contributed by atoms with Crippen molar-refractivity contribution in [1.29, 1.82) is 0 Å². The molecule has 0 saturated carbocycles. The SMILES string of the molecule is O=C(C[C@@H](C(=O)O)N1CCCCC1)Nc1ccc(S(=O)(=O)NCc2ccco2)cc1. The number of carboxylic acids is 1. The Morgan fingerprint density at radius 3 is 2.40 bits per heavy atom. The number of carbonyl (C=O) groups excluding carboxylic acids is 1. The summed E-state index contributed by atoms with van der Waals surface area (Å²) in [5.74, 6) is -0.959. The summed E-state index contributed by atoms with van der Waals surface area (Å²) in [5, 5.41) is 12.1. The highest BCUT2D eigenvalue weighted by Crippen LogP contribution is 2.18. The topological polar surface area (TPSA) is 129 Å². The van der Waals surface area contributed by atoms with Crippen LogP contribution in [-0.2, 0) is 26.2 Å². The average molecular weight is 436 g/mol. The summed E-state index contributed by atoms with van der Waals surface area (Å²) in [5.41, 5.74) is 0.396. The Morgan fingerprint density at radius 1 is 1.10 bits per heavy atom. The van der Waals surface area contributed by atoms with Crippen LogP contribution in [0.3, 0.4) is 0 Å². The molecule has 10 heteroatoms. The van der Waals surface area contributed by atoms with Gasteiger partial charge in [0.1, 0.15) is 11.8 Å². The second-order valence-corrected chi connectivity index (χ2v) is 8.90. The lowest BCUT2D eigenvalue weighted by atomic mass is 10.1. The number of carboxylic acid groups (broad SMARTS) is 1. The van der Waals surface area contributed by atoms with Crippen molar-refractivity contribution in [3.63, 3.8) is 0 Å². The maximum Gasteiger partial charge on any atom is 0.321 e. The van der Waals surface area contributed by atoms with Gasteiger partial charge in [-0.25, -0.2) is 13.1 Å². The van der Waals surface area contributed by atoms with Crippen molar-refractivity contribution in [2.45, 2.75) is 43.2 Å². The van der Waals surface area contributed by atoms with Crippen molar-refractivity contribution in [2.24, 2.45) is 0 Å². The molecule has 1 saturated heterocycles. The molecule has 9 nitrogen and oxygen atoms in total. The van der Waals surface area contributed by atoms with Gasteiger partial charge in [0, 0.05) is 5.69 Å². The zero-order chi connectivity index (χ0) is 21.6. The van der Waals surface area contributed by atoms with Crippen LogP contribution >= 0.6 is 0 Å². The van der Waals surface area contributed by atoms with E-state index in [-0.39, 0.29) is 17.9 Å². The van der Waals surface area contributed by atoms with Gasteiger partial charge in [0.15, 0.2) is 0 Å². The van der Waals surface area contributed by atoms with Crippen LogP contribution in [0.25, 0.3) is 0 Å². The molecule has 1 aromatic heterocycles. The summed E-state index contributed by atoms with van der Waals surface area (Å²) in [6.07, 6.45) is 4.21. The molecule has 2 heterocycles. The Hall–Kier alpha value is -2.69. The number of rotatable bonds is 9. The van der Waals surface area contributed by atoms with Crippen molar-refractivity contribution in [3.8, 4) is 0 Å². The molecular formula is C20H25N3O6S. The number of nitrogens with zero attached hydrogens (tertiary/aromatic N) is 1. The highest BCUT2D eigenvalue weighted by atomic mass is 32.2. The van der Waals surface area contributed by atoms with Crippen LogP contribution in [0.2, 0.25) is 0 Å². The summed E-state index contributed by atoms with van der Waals surface area (Å²) in [6.45, 7) is 1.37. The van der Waals surface area contributed by atoms with Crippen LogP contribution in [0.4, 0.5) is 5.69 Å². The Morgan fingerprint density at radius 2 is 1.80 bits per heavy atom. The van der Waals surface area contributed by atoms with Crippen LogP contribution < -0.4 is 10.0 Å². The van der Waals surface area contributed by atoms with Crippen molar-refractivity contribution < 1.29 is 27.5 Å². The van der Waals surface area contributed by atoms with Crippen molar-refractivity contribution in [1.82, 2.24) is 9.62 Å². The van der Waals surface area contributed by atoms with Crippen LogP contribution in [0.1, 0.15) is 31.4 Å². The Bertz CT molecular complexity index is 951. The predicted molar refractivity (Wildman–Crippen MR) is 109 cm³/mol. The molecule has 3 N–H and O–H groups in total. The lowest BCUT2D eigenvalue weighted by Gasteiger charge is -2.31. The molecule has 0 bridgehead atoms. The van der Waals surface area contributed by atoms with Gasteiger partial charge in [-0.3, -0.25) is 14.5 Å². The predicted octanol–water partition coefficient (Wildman–Crippen LogP) is 2.03. The Balaban J connectivity index is 1.57. The van der Waals surface area contributed by atoms with Gasteiger partial charge in [-0.1, -0.05) is 6.42 Å². The number of carbonyl (C=O) groups is 2. The quantitative estimate of drug-likeness (QED) is 0.549. The van der Waals surface area contributed by atoms with E-state index in [0.717, 1.165) is 19.3 Å². The second-order valence-electron chi connectivity index (χ2n) is 7.13. The largest absolute Gasteiger partial charge is 0.480 e. The zero-order valence-corrected chi connectivity index (χ0v) is 17.2. The third-order valence-electron chi connectivity index (χ3n) is 4.96. The lowest BCUT2D eigenvalue weighted by molar-refractivity contribution is -0.145. The van der Waals surface area contributed by atoms with Gasteiger partial charge in [-0.05, 0) is 62.3 Å². The summed E-state index contributed by atoms with van der Waals surface area (Å²) in [7, 11) is -3.73. The van der Waals surface area contributed by atoms with Gasteiger partial charge in [-0.2, -0.15) is 0 Å². The van der Waals surface area contributed by atoms with Crippen LogP contribution in [0, 0.1) is 0 Å². The number of sulfonamides is 1. The van der Waals surface area contributed by atoms with Crippen molar-refractivity contribution in [2.75, 3.05) is 18.4 Å². The molecule has 162 valence electrons. The summed E-state index contributed by atoms with van der Waals surface area (Å²) < 4.78 is 32.2. The van der Waals surface area contributed by atoms with Gasteiger partial charge in [0.05, 0.1) is 24.1 Å². The number of nitrogens with one attached hydrogen (secondary N) is 2. The minimum absolute atomic E-state index is 0.0287. The molecular weight excluding hydrogens is 410 g/mol. The Kier molecular flexibility index (Phi) is 7.24. The highest BCUT2D eigenvalue weighted by Gasteiger charge is 2.29. The minimum atomic E-state index is -3.73. The van der Waals surface area contributed by atoms with Crippen LogP contribution in [-0.4, -0.2) is 49.4 Å². The Labute approximate surface area is 175 Å². The first-order valence-corrected chi connectivity index (χ1v) is 11.2. The van der Waals surface area contributed by atoms with E-state index in [1.165, 1.54) is 30.5 Å². The molecule has 1 aliphatic rings. The molecule has 0 radical (unpaired) electrons. The molecule has 1 amide bonds. The molecule has 0 spiro atoms. The number of likely N-dealkylation sites (tertiary alicyclic amines) is 1. The maximum absolute atomic E-state index is 12.3. The monoisotopic (exact) mass is 435 g/mol. The van der Waals surface area contributed by atoms with Gasteiger partial charge >= 0.3 is 5.97 Å². The number of hydrogen-bond acceptors (Lipinski definition) is 6. The van der Waals surface area contributed by atoms with Crippen molar-refractivity contribution in [3.05, 3.63) is 48.4 Å². The summed E-state index contributed by atoms with van der Waals surface area (Å²) in [4.78, 5) is 25.8. The minimum Gasteiger partial charge on any atom is -0.480 e. The molecule has 1 atom stereocenters. The molecule has 1 aliphatic heterocycles. The van der Waals surface area contributed by atoms with E-state index in [1.54, 1.807) is 12.1 Å². The van der Waals surface area contributed by atoms with Gasteiger partial charge in [-0.15, -0.1) is 0 Å². The summed E-state index contributed by atoms with van der Waals surface area (Å²) in [6, 6.07) is 8.15. The standard InChI is InChI=1S/C20H25N3O6S/c24-19(13-18(20(25)26)23-10-2-1-3-11-23)22-15-6-8-17(9-7-15)30(27,28)21-14-16-5-4-12-29-16/h4-9,12,18,21H,1-3,10-11,13-14H2,(H,22,24)(H,25,26)/t18-/m0/s1. The van der Waals surface area contributed by atoms with Gasteiger partial charge in [0.2, 0.25) is 15.9 Å². The number of anilines is 1. The van der Waals surface area contributed by atoms with E-state index in [4.69, 9.17) is 4.42 Å². The molecule has 0 aliphatic carbocycles. The third kappa shape index (κ3) is 5.91. The number of benzene rings is 1. The first kappa shape index (κ1) is 22.0. The normalized spacial score (nSPS) is 16.1. The second kappa shape index (κ2) is 9.88. The maximum atomic E-state index is 12.3. The van der Waals surface area contributed by atoms with Crippen LogP contribution in [0.5, 0.6) is 0 Å². The number of piperidine rings is 1. The van der Waals surface area contributed by atoms with Gasteiger partial charge in [0.25, 0.3) is 0 Å². The molecule has 1 fully saturated rings. The average Bonchev–Trinajstić information content (AvgIpc) is 3.25. The van der Waals surface area contributed by atoms with E-state index >= 15 is 0 Å². The first-order valence-electron chi connectivity index (χ1n) is 9.74. The molecule has 30 heavy (non-hydrogen) atoms. The fourth-order valence-corrected chi connectivity index (χ4v) is 4.36. The van der Waals surface area contributed by atoms with E-state index in [1.807, 2.05) is 4.90 Å². The van der Waals surface area contributed by atoms with E-state index in [0.29, 0.717) is 24.5 Å². The molecule has 1 aromatic carbocycles. The van der Waals surface area contributed by atoms with Gasteiger partial charge < -0.3 is 14.8 Å². The smallest absolute Gasteiger partial charge is 0.321 e. The number of amides is 1. The number of aliphatic carboxylic acids is 1. The van der Waals surface area contributed by atoms with E-state index in [2.05, 4.69) is 10.0 Å². The zero-order valence-electron chi connectivity index (χ0n) is 16.4. The third-order valence-corrected chi connectivity index (χ3v) is 6.38. The lowest BCUT2D eigenvalue weighted by Crippen LogP contribution is -2.45. The first-order chi connectivity index (χ1) is 14.3. The summed E-state index contributed by atoms with van der Waals surface area (Å²) >= 11 is 0. The molecule has 2 aromatic rings.